The van der Waals surface area contributed by atoms with Gasteiger partial charge in [0.1, 0.15) is 0 Å². The van der Waals surface area contributed by atoms with Crippen LogP contribution >= 0.6 is 63.6 Å². The summed E-state index contributed by atoms with van der Waals surface area (Å²) in [6.45, 7) is 38.0. The third-order valence-corrected chi connectivity index (χ3v) is 144. The fraction of sp³-hybridized carbons (Fsp3) is 0.349. The molecule has 8 atom stereocenters. The number of fused-ring (bicyclic) bond motifs is 8. The molecule has 0 nitrogen and oxygen atoms in total. The van der Waals surface area contributed by atoms with Gasteiger partial charge >= 0.3 is 619 Å². The molecule has 5 spiro atoms. The van der Waals surface area contributed by atoms with Crippen LogP contribution in [0.4, 0.5) is 17.6 Å². The van der Waals surface area contributed by atoms with Gasteiger partial charge in [-0.2, -0.15) is 0 Å². The van der Waals surface area contributed by atoms with E-state index in [4.69, 9.17) is 46.4 Å². The quantitative estimate of drug-likeness (QED) is 0.141. The fourth-order valence-electron chi connectivity index (χ4n) is 23.8. The Bertz CT molecular complexity index is 4250. The number of hydrogen-bond acceptors (Lipinski definition) is 0. The molecule has 13 heteroatoms. The molecule has 0 bridgehead atoms. The van der Waals surface area contributed by atoms with Gasteiger partial charge in [-0.15, -0.1) is 0 Å². The van der Waals surface area contributed by atoms with Crippen LogP contribution in [-0.4, -0.2) is 17.6 Å². The second kappa shape index (κ2) is 22.5. The number of benzene rings is 4. The normalized spacial score (nSPS) is 31.2. The first-order chi connectivity index (χ1) is 46.1. The Hall–Kier alpha value is -4.52. The van der Waals surface area contributed by atoms with E-state index in [2.05, 4.69) is 162 Å². The molecule has 4 aromatic carbocycles. The van der Waals surface area contributed by atoms with Gasteiger partial charge < -0.3 is 0 Å². The van der Waals surface area contributed by atoms with E-state index >= 15 is 17.6 Å². The van der Waals surface area contributed by atoms with Gasteiger partial charge in [0, 0.05) is 0 Å². The molecular formula is C86H88Cl6F4HfSi2. The third kappa shape index (κ3) is 8.28. The van der Waals surface area contributed by atoms with Crippen molar-refractivity contribution in [3.05, 3.63) is 325 Å². The molecule has 14 rings (SSSR count). The molecule has 99 heavy (non-hydrogen) atoms. The van der Waals surface area contributed by atoms with Crippen molar-refractivity contribution in [1.29, 1.82) is 0 Å². The summed E-state index contributed by atoms with van der Waals surface area (Å²) in [6.07, 6.45) is 44.3. The summed E-state index contributed by atoms with van der Waals surface area (Å²) >= 11 is 21.1. The second-order valence-electron chi connectivity index (χ2n) is 34.4. The van der Waals surface area contributed by atoms with Gasteiger partial charge in [0.05, 0.1) is 0 Å². The monoisotopic (exact) mass is 1640 g/mol. The Balaban J connectivity index is 1.19. The topological polar surface area (TPSA) is 0 Å². The Morgan fingerprint density at radius 3 is 0.697 bits per heavy atom. The van der Waals surface area contributed by atoms with Crippen LogP contribution in [-0.2, 0) is 36.3 Å². The van der Waals surface area contributed by atoms with Gasteiger partial charge in [-0.05, 0) is 0 Å². The maximum atomic E-state index is 17.3. The van der Waals surface area contributed by atoms with Crippen molar-refractivity contribution in [3.8, 4) is 0 Å². The first-order valence-corrected chi connectivity index (χ1v) is 57.1. The zero-order valence-corrected chi connectivity index (χ0v) is 70.3. The Kier molecular flexibility index (Phi) is 16.2. The molecule has 0 saturated carbocycles. The maximum absolute atomic E-state index is 17.3. The van der Waals surface area contributed by atoms with Crippen molar-refractivity contribution in [3.63, 3.8) is 0 Å². The SMILES string of the molecule is CC1=CC2=C(C=CC=CC2c2cc(F)c(C(C)(C)C)c(Cl)c2)[C]12[SiH](C)[C]1(C(C)=CC3=C1C=CC=CC3c1cc(F)c(C(C)(C)C)c(Cl)c1)[Hf]21([Cl])([Cl])[C]2(C(C)=CC3=C2C=CC=CC3c2cc(F)c(C(C)(C)C)c(Cl)c2)[SiH](C)[C]12C(C)=CC1=C2C=CC=CC1c1cc(F)c(C(C)(C)C)c(Cl)c1. The van der Waals surface area contributed by atoms with Crippen LogP contribution in [0.5, 0.6) is 0 Å². The van der Waals surface area contributed by atoms with Crippen molar-refractivity contribution in [1.82, 2.24) is 0 Å². The number of halogens is 10. The minimum atomic E-state index is -8.32. The molecule has 8 unspecified atom stereocenters. The van der Waals surface area contributed by atoms with Crippen LogP contribution in [0.25, 0.3) is 0 Å². The van der Waals surface area contributed by atoms with Crippen LogP contribution in [0.1, 0.15) is 179 Å². The minimum absolute atomic E-state index is 0.357. The Labute approximate surface area is 612 Å². The fourth-order valence-corrected chi connectivity index (χ4v) is 198. The third-order valence-electron chi connectivity index (χ3n) is 25.8. The summed E-state index contributed by atoms with van der Waals surface area (Å²) in [5.74, 6) is -3.49. The van der Waals surface area contributed by atoms with Crippen molar-refractivity contribution in [2.75, 3.05) is 0 Å². The summed E-state index contributed by atoms with van der Waals surface area (Å²) in [5, 5.41) is 1.43. The summed E-state index contributed by atoms with van der Waals surface area (Å²) in [4.78, 5) is 0. The van der Waals surface area contributed by atoms with Crippen LogP contribution in [0.2, 0.25) is 44.4 Å². The van der Waals surface area contributed by atoms with Gasteiger partial charge in [-0.3, -0.25) is 0 Å². The summed E-state index contributed by atoms with van der Waals surface area (Å²) in [5.41, 5.74) is 14.8. The number of rotatable bonds is 4. The number of hydrogen-bond donors (Lipinski definition) is 0. The van der Waals surface area contributed by atoms with Gasteiger partial charge in [-0.1, -0.05) is 0 Å². The molecular weight excluding hydrogens is 1560 g/mol. The summed E-state index contributed by atoms with van der Waals surface area (Å²) < 4.78 is 64.9. The first kappa shape index (κ1) is 71.5. The summed E-state index contributed by atoms with van der Waals surface area (Å²) in [6, 6.07) is 14.5. The zero-order chi connectivity index (χ0) is 71.8. The van der Waals surface area contributed by atoms with Crippen molar-refractivity contribution < 1.29 is 32.2 Å². The molecule has 2 heterocycles. The predicted molar refractivity (Wildman–Crippen MR) is 416 cm³/mol. The zero-order valence-electron chi connectivity index (χ0n) is 59.9. The van der Waals surface area contributed by atoms with Gasteiger partial charge in [0.25, 0.3) is 0 Å². The van der Waals surface area contributed by atoms with Crippen LogP contribution < -0.4 is 0 Å². The van der Waals surface area contributed by atoms with Crippen LogP contribution in [0.15, 0.2) is 237 Å². The molecule has 0 N–H and O–H groups in total. The molecule has 4 aromatic rings. The van der Waals surface area contributed by atoms with Gasteiger partial charge in [0.15, 0.2) is 0 Å². The van der Waals surface area contributed by atoms with Gasteiger partial charge in [0.2, 0.25) is 0 Å². The molecule has 0 aromatic heterocycles. The van der Waals surface area contributed by atoms with E-state index in [1.807, 2.05) is 107 Å². The van der Waals surface area contributed by atoms with E-state index in [1.165, 1.54) is 0 Å². The molecule has 8 aliphatic carbocycles. The predicted octanol–water partition coefficient (Wildman–Crippen LogP) is 27.1. The molecule has 0 radical (unpaired) electrons. The Morgan fingerprint density at radius 2 is 0.525 bits per heavy atom. The van der Waals surface area contributed by atoms with Crippen LogP contribution in [0, 0.1) is 23.3 Å². The standard InChI is InChI=1S/2C43H44Cl2F2Si.2ClH.Hf/c2*1-24-18-32-28(26-20-34(44)38(36(46)22-26)42(3,4)5)14-10-12-16-30(32)40(24)48(9)41-25(2)19-33-29(15-11-13-17-31(33)41)27-21-35(45)39(37(47)23-27)43(6,7)8;;;/h2*10-23,28-29,48H,1-9H3;2*1H;/q;;;;+2/p-2. The average Bonchev–Trinajstić information content (AvgIpc) is 1.52. The van der Waals surface area contributed by atoms with Crippen molar-refractivity contribution in [2.24, 2.45) is 0 Å². The van der Waals surface area contributed by atoms with Crippen molar-refractivity contribution >= 4 is 81.2 Å². The van der Waals surface area contributed by atoms with E-state index in [9.17, 15) is 17.2 Å². The molecule has 10 aliphatic rings. The average molecular weight is 1650 g/mol. The van der Waals surface area contributed by atoms with E-state index in [0.717, 1.165) is 66.9 Å². The van der Waals surface area contributed by atoms with Crippen LogP contribution in [0.3, 0.4) is 0 Å². The first-order valence-electron chi connectivity index (χ1n) is 34.9. The molecule has 0 amide bonds. The second-order valence-corrected chi connectivity index (χ2v) is 90.4. The Morgan fingerprint density at radius 1 is 0.333 bits per heavy atom. The number of allylic oxidation sites excluding steroid dienone is 32. The summed E-state index contributed by atoms with van der Waals surface area (Å²) in [7, 11) is 16.9. The van der Waals surface area contributed by atoms with E-state index < -0.39 is 88.8 Å². The molecule has 514 valence electrons. The van der Waals surface area contributed by atoms with Gasteiger partial charge in [-0.25, -0.2) is 0 Å². The molecule has 2 aliphatic heterocycles. The van der Waals surface area contributed by atoms with E-state index in [1.54, 1.807) is 24.3 Å². The molecule has 2 fully saturated rings. The molecule has 2 saturated heterocycles. The van der Waals surface area contributed by atoms with Crippen molar-refractivity contribution in [2.45, 2.75) is 180 Å². The van der Waals surface area contributed by atoms with E-state index in [-0.39, 0.29) is 23.3 Å². The van der Waals surface area contributed by atoms with E-state index in [0.29, 0.717) is 64.6 Å².